The predicted octanol–water partition coefficient (Wildman–Crippen LogP) is 1.19. The summed E-state index contributed by atoms with van der Waals surface area (Å²) >= 11 is 0. The molecule has 16 heavy (non-hydrogen) atoms. The van der Waals surface area contributed by atoms with Crippen LogP contribution in [0.5, 0.6) is 0 Å². The molecule has 4 heteroatoms. The van der Waals surface area contributed by atoms with Gasteiger partial charge in [0.1, 0.15) is 5.54 Å². The van der Waals surface area contributed by atoms with E-state index in [2.05, 4.69) is 12.2 Å². The molecule has 0 aromatic carbocycles. The molecule has 1 amide bonds. The Bertz CT molecular complexity index is 225. The third-order valence-electron chi connectivity index (χ3n) is 3.12. The van der Waals surface area contributed by atoms with E-state index in [0.29, 0.717) is 19.6 Å². The second kappa shape index (κ2) is 6.21. The molecule has 0 aliphatic carbocycles. The molecule has 0 spiro atoms. The highest BCUT2D eigenvalue weighted by Gasteiger charge is 2.38. The first-order valence-electron chi connectivity index (χ1n) is 6.26. The number of unbranched alkanes of at least 4 members (excludes halogenated alkanes) is 2. The standard InChI is InChI=1S/C12H24N2O2/c1-3-4-5-6-10(2)14-11(15)12(13)7-8-16-9-12/h10H,3-9,13H2,1-2H3,(H,14,15). The van der Waals surface area contributed by atoms with Crippen LogP contribution in [0.15, 0.2) is 0 Å². The largest absolute Gasteiger partial charge is 0.379 e. The fourth-order valence-corrected chi connectivity index (χ4v) is 1.90. The highest BCUT2D eigenvalue weighted by atomic mass is 16.5. The van der Waals surface area contributed by atoms with Crippen molar-refractivity contribution in [3.8, 4) is 0 Å². The lowest BCUT2D eigenvalue weighted by Crippen LogP contribution is -2.56. The topological polar surface area (TPSA) is 64.4 Å². The van der Waals surface area contributed by atoms with Crippen molar-refractivity contribution in [1.82, 2.24) is 5.32 Å². The van der Waals surface area contributed by atoms with E-state index in [1.807, 2.05) is 6.92 Å². The average molecular weight is 228 g/mol. The van der Waals surface area contributed by atoms with Gasteiger partial charge in [-0.05, 0) is 19.8 Å². The summed E-state index contributed by atoms with van der Waals surface area (Å²) < 4.78 is 5.18. The summed E-state index contributed by atoms with van der Waals surface area (Å²) in [5.41, 5.74) is 5.18. The Kier molecular flexibility index (Phi) is 5.22. The number of nitrogens with one attached hydrogen (secondary N) is 1. The number of ether oxygens (including phenoxy) is 1. The molecule has 0 aromatic rings. The number of carbonyl (C=O) groups is 1. The highest BCUT2D eigenvalue weighted by Crippen LogP contribution is 2.16. The summed E-state index contributed by atoms with van der Waals surface area (Å²) in [7, 11) is 0. The molecule has 1 rings (SSSR count). The van der Waals surface area contributed by atoms with Crippen molar-refractivity contribution in [3.63, 3.8) is 0 Å². The summed E-state index contributed by atoms with van der Waals surface area (Å²) in [6.45, 7) is 5.15. The van der Waals surface area contributed by atoms with E-state index in [4.69, 9.17) is 10.5 Å². The number of hydrogen-bond donors (Lipinski definition) is 2. The zero-order chi connectivity index (χ0) is 12.0. The molecule has 4 nitrogen and oxygen atoms in total. The van der Waals surface area contributed by atoms with Crippen LogP contribution in [0.25, 0.3) is 0 Å². The molecule has 2 atom stereocenters. The van der Waals surface area contributed by atoms with E-state index in [9.17, 15) is 4.79 Å². The van der Waals surface area contributed by atoms with Gasteiger partial charge < -0.3 is 15.8 Å². The van der Waals surface area contributed by atoms with Crippen LogP contribution < -0.4 is 11.1 Å². The number of carbonyl (C=O) groups excluding carboxylic acids is 1. The summed E-state index contributed by atoms with van der Waals surface area (Å²) in [5.74, 6) is -0.0611. The van der Waals surface area contributed by atoms with Crippen LogP contribution in [-0.2, 0) is 9.53 Å². The van der Waals surface area contributed by atoms with Gasteiger partial charge in [-0.2, -0.15) is 0 Å². The molecule has 1 aliphatic rings. The first kappa shape index (κ1) is 13.5. The van der Waals surface area contributed by atoms with E-state index >= 15 is 0 Å². The van der Waals surface area contributed by atoms with Gasteiger partial charge in [-0.3, -0.25) is 4.79 Å². The molecule has 94 valence electrons. The van der Waals surface area contributed by atoms with E-state index in [1.165, 1.54) is 12.8 Å². The maximum Gasteiger partial charge on any atom is 0.242 e. The van der Waals surface area contributed by atoms with E-state index in [1.54, 1.807) is 0 Å². The Morgan fingerprint density at radius 1 is 1.56 bits per heavy atom. The van der Waals surface area contributed by atoms with Gasteiger partial charge in [0.2, 0.25) is 5.91 Å². The second-order valence-electron chi connectivity index (χ2n) is 4.83. The Morgan fingerprint density at radius 2 is 2.31 bits per heavy atom. The first-order chi connectivity index (χ1) is 7.58. The fourth-order valence-electron chi connectivity index (χ4n) is 1.90. The van der Waals surface area contributed by atoms with E-state index in [0.717, 1.165) is 12.8 Å². The van der Waals surface area contributed by atoms with Gasteiger partial charge >= 0.3 is 0 Å². The summed E-state index contributed by atoms with van der Waals surface area (Å²) in [5, 5.41) is 2.98. The third kappa shape index (κ3) is 3.76. The first-order valence-corrected chi connectivity index (χ1v) is 6.26. The van der Waals surface area contributed by atoms with Crippen molar-refractivity contribution in [2.24, 2.45) is 5.73 Å². The van der Waals surface area contributed by atoms with Gasteiger partial charge in [-0.25, -0.2) is 0 Å². The van der Waals surface area contributed by atoms with Gasteiger partial charge in [0.05, 0.1) is 6.61 Å². The fraction of sp³-hybridized carbons (Fsp3) is 0.917. The smallest absolute Gasteiger partial charge is 0.242 e. The molecule has 1 aliphatic heterocycles. The van der Waals surface area contributed by atoms with Gasteiger partial charge in [0.15, 0.2) is 0 Å². The van der Waals surface area contributed by atoms with E-state index in [-0.39, 0.29) is 11.9 Å². The molecule has 3 N–H and O–H groups in total. The zero-order valence-electron chi connectivity index (χ0n) is 10.4. The molecule has 0 bridgehead atoms. The minimum Gasteiger partial charge on any atom is -0.379 e. The Balaban J connectivity index is 2.27. The minimum absolute atomic E-state index is 0.0611. The zero-order valence-corrected chi connectivity index (χ0v) is 10.4. The molecule has 0 radical (unpaired) electrons. The van der Waals surface area contributed by atoms with Crippen molar-refractivity contribution in [1.29, 1.82) is 0 Å². The Hall–Kier alpha value is -0.610. The van der Waals surface area contributed by atoms with Crippen molar-refractivity contribution < 1.29 is 9.53 Å². The van der Waals surface area contributed by atoms with Crippen LogP contribution in [0, 0.1) is 0 Å². The molecule has 2 unspecified atom stereocenters. The van der Waals surface area contributed by atoms with Crippen LogP contribution in [-0.4, -0.2) is 30.7 Å². The van der Waals surface area contributed by atoms with Crippen LogP contribution in [0.1, 0.15) is 46.0 Å². The lowest BCUT2D eigenvalue weighted by atomic mass is 9.98. The predicted molar refractivity (Wildman–Crippen MR) is 64.1 cm³/mol. The Morgan fingerprint density at radius 3 is 2.88 bits per heavy atom. The number of nitrogens with two attached hydrogens (primary N) is 1. The number of rotatable bonds is 6. The summed E-state index contributed by atoms with van der Waals surface area (Å²) in [6, 6.07) is 0.208. The summed E-state index contributed by atoms with van der Waals surface area (Å²) in [6.07, 6.45) is 5.23. The second-order valence-corrected chi connectivity index (χ2v) is 4.83. The van der Waals surface area contributed by atoms with E-state index < -0.39 is 5.54 Å². The maximum absolute atomic E-state index is 11.9. The molecular formula is C12H24N2O2. The van der Waals surface area contributed by atoms with Crippen LogP contribution in [0.4, 0.5) is 0 Å². The van der Waals surface area contributed by atoms with Crippen LogP contribution in [0.2, 0.25) is 0 Å². The van der Waals surface area contributed by atoms with Crippen molar-refractivity contribution >= 4 is 5.91 Å². The lowest BCUT2D eigenvalue weighted by molar-refractivity contribution is -0.127. The van der Waals surface area contributed by atoms with Crippen molar-refractivity contribution in [2.75, 3.05) is 13.2 Å². The molecule has 1 saturated heterocycles. The highest BCUT2D eigenvalue weighted by molar-refractivity contribution is 5.86. The third-order valence-corrected chi connectivity index (χ3v) is 3.12. The van der Waals surface area contributed by atoms with Crippen LogP contribution >= 0.6 is 0 Å². The number of amides is 1. The molecule has 0 saturated carbocycles. The van der Waals surface area contributed by atoms with Gasteiger partial charge in [-0.15, -0.1) is 0 Å². The lowest BCUT2D eigenvalue weighted by Gasteiger charge is -2.23. The number of hydrogen-bond acceptors (Lipinski definition) is 3. The van der Waals surface area contributed by atoms with Crippen molar-refractivity contribution in [3.05, 3.63) is 0 Å². The molecule has 1 fully saturated rings. The average Bonchev–Trinajstić information content (AvgIpc) is 2.67. The maximum atomic E-state index is 11.9. The molecule has 0 aromatic heterocycles. The monoisotopic (exact) mass is 228 g/mol. The molecular weight excluding hydrogens is 204 g/mol. The SMILES string of the molecule is CCCCCC(C)NC(=O)C1(N)CCOC1. The van der Waals surface area contributed by atoms with Crippen molar-refractivity contribution in [2.45, 2.75) is 57.5 Å². The van der Waals surface area contributed by atoms with Crippen LogP contribution in [0.3, 0.4) is 0 Å². The quantitative estimate of drug-likeness (QED) is 0.671. The van der Waals surface area contributed by atoms with Gasteiger partial charge in [0, 0.05) is 12.6 Å². The van der Waals surface area contributed by atoms with Gasteiger partial charge in [-0.1, -0.05) is 26.2 Å². The molecule has 1 heterocycles. The van der Waals surface area contributed by atoms with Gasteiger partial charge in [0.25, 0.3) is 0 Å². The minimum atomic E-state index is -0.793. The normalized spacial score (nSPS) is 26.7. The summed E-state index contributed by atoms with van der Waals surface area (Å²) in [4.78, 5) is 11.9. The Labute approximate surface area is 97.9 Å².